The molecule has 12 heavy (non-hydrogen) atoms. The van der Waals surface area contributed by atoms with E-state index in [1.165, 1.54) is 0 Å². The Morgan fingerprint density at radius 2 is 2.50 bits per heavy atom. The maximum atomic E-state index is 10.3. The fraction of sp³-hybridized carbons (Fsp3) is 0.500. The predicted octanol–water partition coefficient (Wildman–Crippen LogP) is 0.989. The quantitative estimate of drug-likeness (QED) is 0.704. The van der Waals surface area contributed by atoms with Crippen LogP contribution in [0.1, 0.15) is 24.9 Å². The number of nitrogens with one attached hydrogen (secondary N) is 1. The lowest BCUT2D eigenvalue weighted by molar-refractivity contribution is -0.136. The van der Waals surface area contributed by atoms with Crippen molar-refractivity contribution in [1.82, 2.24) is 9.97 Å². The first-order valence-corrected chi connectivity index (χ1v) is 3.97. The lowest BCUT2D eigenvalue weighted by Crippen LogP contribution is -2.00. The molecule has 0 atom stereocenters. The summed E-state index contributed by atoms with van der Waals surface area (Å²) in [6, 6.07) is 0. The normalized spacial score (nSPS) is 10.1. The number of carboxylic acids is 1. The highest BCUT2D eigenvalue weighted by atomic mass is 16.4. The molecule has 1 rings (SSSR count). The second-order valence-corrected chi connectivity index (χ2v) is 2.66. The number of hydrogen-bond acceptors (Lipinski definition) is 2. The standard InChI is InChI=1S/C8H12N2O2/c1-2-3-7-9-5-6(10-7)4-8(11)12/h5H,2-4H2,1H3,(H,9,10)(H,11,12). The van der Waals surface area contributed by atoms with Gasteiger partial charge in [-0.1, -0.05) is 6.92 Å². The number of nitrogens with zero attached hydrogens (tertiary/aromatic N) is 1. The van der Waals surface area contributed by atoms with Crippen molar-refractivity contribution in [1.29, 1.82) is 0 Å². The van der Waals surface area contributed by atoms with Crippen LogP contribution in [0.5, 0.6) is 0 Å². The molecule has 0 amide bonds. The molecule has 4 heteroatoms. The molecule has 0 fully saturated rings. The lowest BCUT2D eigenvalue weighted by Gasteiger charge is -1.88. The highest BCUT2D eigenvalue weighted by molar-refractivity contribution is 5.69. The highest BCUT2D eigenvalue weighted by Gasteiger charge is 2.04. The van der Waals surface area contributed by atoms with Crippen molar-refractivity contribution >= 4 is 5.97 Å². The van der Waals surface area contributed by atoms with Gasteiger partial charge in [0.2, 0.25) is 0 Å². The van der Waals surface area contributed by atoms with Crippen molar-refractivity contribution in [3.8, 4) is 0 Å². The molecule has 1 heterocycles. The molecular weight excluding hydrogens is 156 g/mol. The number of aliphatic carboxylic acids is 1. The van der Waals surface area contributed by atoms with Crippen LogP contribution in [0.25, 0.3) is 0 Å². The van der Waals surface area contributed by atoms with Gasteiger partial charge in [-0.3, -0.25) is 4.79 Å². The van der Waals surface area contributed by atoms with Crippen LogP contribution >= 0.6 is 0 Å². The molecule has 4 nitrogen and oxygen atoms in total. The van der Waals surface area contributed by atoms with E-state index in [0.29, 0.717) is 5.69 Å². The Bertz CT molecular complexity index is 268. The fourth-order valence-corrected chi connectivity index (χ4v) is 1.01. The third kappa shape index (κ3) is 2.38. The molecule has 0 unspecified atom stereocenters. The topological polar surface area (TPSA) is 66.0 Å². The van der Waals surface area contributed by atoms with Gasteiger partial charge in [0.25, 0.3) is 0 Å². The third-order valence-electron chi connectivity index (χ3n) is 1.50. The van der Waals surface area contributed by atoms with Crippen molar-refractivity contribution in [2.24, 2.45) is 0 Å². The molecule has 0 aliphatic carbocycles. The monoisotopic (exact) mass is 168 g/mol. The van der Waals surface area contributed by atoms with Gasteiger partial charge in [-0.25, -0.2) is 4.98 Å². The lowest BCUT2D eigenvalue weighted by atomic mass is 10.3. The number of aromatic nitrogens is 2. The van der Waals surface area contributed by atoms with E-state index in [4.69, 9.17) is 5.11 Å². The summed E-state index contributed by atoms with van der Waals surface area (Å²) >= 11 is 0. The predicted molar refractivity (Wildman–Crippen MR) is 43.9 cm³/mol. The molecule has 0 spiro atoms. The Kier molecular flexibility index (Phi) is 2.85. The smallest absolute Gasteiger partial charge is 0.309 e. The number of hydrogen-bond donors (Lipinski definition) is 2. The Hall–Kier alpha value is -1.32. The Labute approximate surface area is 70.6 Å². The second kappa shape index (κ2) is 3.90. The van der Waals surface area contributed by atoms with E-state index < -0.39 is 5.97 Å². The molecular formula is C8H12N2O2. The number of rotatable bonds is 4. The van der Waals surface area contributed by atoms with Gasteiger partial charge < -0.3 is 10.1 Å². The summed E-state index contributed by atoms with van der Waals surface area (Å²) in [5.41, 5.74) is 0.603. The average molecular weight is 168 g/mol. The van der Waals surface area contributed by atoms with E-state index in [0.717, 1.165) is 18.7 Å². The number of aromatic amines is 1. The number of imidazole rings is 1. The van der Waals surface area contributed by atoms with Crippen molar-refractivity contribution < 1.29 is 9.90 Å². The average Bonchev–Trinajstić information content (AvgIpc) is 2.36. The first-order chi connectivity index (χ1) is 5.72. The van der Waals surface area contributed by atoms with Gasteiger partial charge in [0.15, 0.2) is 0 Å². The van der Waals surface area contributed by atoms with Gasteiger partial charge in [0, 0.05) is 12.6 Å². The zero-order valence-corrected chi connectivity index (χ0v) is 7.00. The Morgan fingerprint density at radius 3 is 3.08 bits per heavy atom. The van der Waals surface area contributed by atoms with E-state index in [2.05, 4.69) is 16.9 Å². The molecule has 0 saturated heterocycles. The summed E-state index contributed by atoms with van der Waals surface area (Å²) in [5, 5.41) is 8.45. The van der Waals surface area contributed by atoms with Gasteiger partial charge in [-0.2, -0.15) is 0 Å². The van der Waals surface area contributed by atoms with Crippen LogP contribution in [0.4, 0.5) is 0 Å². The number of carbonyl (C=O) groups is 1. The maximum absolute atomic E-state index is 10.3. The van der Waals surface area contributed by atoms with Crippen molar-refractivity contribution in [2.75, 3.05) is 0 Å². The van der Waals surface area contributed by atoms with Crippen molar-refractivity contribution in [3.05, 3.63) is 17.7 Å². The molecule has 0 saturated carbocycles. The zero-order chi connectivity index (χ0) is 8.97. The van der Waals surface area contributed by atoms with Gasteiger partial charge in [0.1, 0.15) is 5.82 Å². The van der Waals surface area contributed by atoms with Crippen molar-refractivity contribution in [2.45, 2.75) is 26.2 Å². The summed E-state index contributed by atoms with van der Waals surface area (Å²) in [7, 11) is 0. The fourth-order valence-electron chi connectivity index (χ4n) is 1.01. The van der Waals surface area contributed by atoms with Crippen LogP contribution < -0.4 is 0 Å². The second-order valence-electron chi connectivity index (χ2n) is 2.66. The van der Waals surface area contributed by atoms with E-state index in [-0.39, 0.29) is 6.42 Å². The molecule has 1 aromatic heterocycles. The highest BCUT2D eigenvalue weighted by Crippen LogP contribution is 2.00. The SMILES string of the molecule is CCCc1nc(CC(=O)O)c[nH]1. The minimum absolute atomic E-state index is 0.000213. The third-order valence-corrected chi connectivity index (χ3v) is 1.50. The van der Waals surface area contributed by atoms with E-state index >= 15 is 0 Å². The van der Waals surface area contributed by atoms with Crippen LogP contribution in [0.3, 0.4) is 0 Å². The first kappa shape index (κ1) is 8.77. The summed E-state index contributed by atoms with van der Waals surface area (Å²) < 4.78 is 0. The largest absolute Gasteiger partial charge is 0.481 e. The first-order valence-electron chi connectivity index (χ1n) is 3.97. The van der Waals surface area contributed by atoms with E-state index in [9.17, 15) is 4.79 Å². The van der Waals surface area contributed by atoms with E-state index in [1.54, 1.807) is 6.20 Å². The van der Waals surface area contributed by atoms with Crippen LogP contribution in [0.15, 0.2) is 6.20 Å². The molecule has 1 aromatic rings. The Morgan fingerprint density at radius 1 is 1.75 bits per heavy atom. The maximum Gasteiger partial charge on any atom is 0.309 e. The van der Waals surface area contributed by atoms with Crippen LogP contribution in [-0.2, 0) is 17.6 Å². The van der Waals surface area contributed by atoms with Crippen LogP contribution in [-0.4, -0.2) is 21.0 Å². The molecule has 66 valence electrons. The van der Waals surface area contributed by atoms with Gasteiger partial charge in [-0.05, 0) is 6.42 Å². The number of aryl methyl sites for hydroxylation is 1. The molecule has 0 aromatic carbocycles. The Balaban J connectivity index is 2.58. The van der Waals surface area contributed by atoms with Gasteiger partial charge in [-0.15, -0.1) is 0 Å². The summed E-state index contributed by atoms with van der Waals surface area (Å²) in [5.74, 6) is 0.0262. The zero-order valence-electron chi connectivity index (χ0n) is 7.00. The molecule has 0 aliphatic heterocycles. The van der Waals surface area contributed by atoms with Crippen LogP contribution in [0, 0.1) is 0 Å². The molecule has 0 aliphatic rings. The molecule has 2 N–H and O–H groups in total. The molecule has 0 radical (unpaired) electrons. The van der Waals surface area contributed by atoms with E-state index in [1.807, 2.05) is 0 Å². The molecule has 0 bridgehead atoms. The summed E-state index contributed by atoms with van der Waals surface area (Å²) in [4.78, 5) is 17.3. The van der Waals surface area contributed by atoms with Crippen molar-refractivity contribution in [3.63, 3.8) is 0 Å². The van der Waals surface area contributed by atoms with Gasteiger partial charge >= 0.3 is 5.97 Å². The number of H-pyrrole nitrogens is 1. The van der Waals surface area contributed by atoms with Gasteiger partial charge in [0.05, 0.1) is 12.1 Å². The minimum atomic E-state index is -0.843. The number of carboxylic acid groups (broad SMARTS) is 1. The summed E-state index contributed by atoms with van der Waals surface area (Å²) in [6.07, 6.45) is 3.54. The minimum Gasteiger partial charge on any atom is -0.481 e. The van der Waals surface area contributed by atoms with Crippen LogP contribution in [0.2, 0.25) is 0 Å². The summed E-state index contributed by atoms with van der Waals surface area (Å²) in [6.45, 7) is 2.05.